The predicted molar refractivity (Wildman–Crippen MR) is 115 cm³/mol. The lowest BCUT2D eigenvalue weighted by molar-refractivity contribution is -0.114. The van der Waals surface area contributed by atoms with Gasteiger partial charge in [-0.25, -0.2) is 0 Å². The molecule has 0 bridgehead atoms. The first-order valence-corrected chi connectivity index (χ1v) is 9.01. The highest BCUT2D eigenvalue weighted by Crippen LogP contribution is 2.20. The van der Waals surface area contributed by atoms with Crippen molar-refractivity contribution in [1.29, 1.82) is 5.26 Å². The average Bonchev–Trinajstić information content (AvgIpc) is 2.74. The molecule has 0 atom stereocenters. The van der Waals surface area contributed by atoms with Crippen LogP contribution in [0.2, 0.25) is 0 Å². The van der Waals surface area contributed by atoms with Crippen molar-refractivity contribution in [1.82, 2.24) is 0 Å². The smallest absolute Gasteiger partial charge is 0.266 e. The van der Waals surface area contributed by atoms with Crippen LogP contribution in [0.5, 0.6) is 0 Å². The number of carbonyl (C=O) groups excluding carboxylic acids is 2. The number of benzene rings is 3. The number of hydrogen-bond acceptors (Lipinski definition) is 3. The number of nitrogens with one attached hydrogen (secondary N) is 2. The van der Waals surface area contributed by atoms with Crippen LogP contribution in [0.15, 0.2) is 84.4 Å². The van der Waals surface area contributed by atoms with Gasteiger partial charge in [0.05, 0.1) is 0 Å². The Balaban J connectivity index is 1.71. The van der Waals surface area contributed by atoms with Crippen LogP contribution in [-0.4, -0.2) is 11.8 Å². The molecule has 0 heterocycles. The molecule has 3 aromatic rings. The summed E-state index contributed by atoms with van der Waals surface area (Å²) in [5.41, 5.74) is 4.09. The number of hydrogen-bond donors (Lipinski definition) is 2. The molecule has 142 valence electrons. The Bertz CT molecular complexity index is 1080. The molecule has 0 saturated heterocycles. The molecule has 29 heavy (non-hydrogen) atoms. The number of nitrogens with zero attached hydrogens (tertiary/aromatic N) is 1. The Morgan fingerprint density at radius 2 is 1.34 bits per heavy atom. The normalized spacial score (nSPS) is 10.7. The van der Waals surface area contributed by atoms with Crippen molar-refractivity contribution in [2.24, 2.45) is 0 Å². The zero-order chi connectivity index (χ0) is 20.6. The lowest BCUT2D eigenvalue weighted by Crippen LogP contribution is -2.13. The average molecular weight is 381 g/mol. The number of nitriles is 1. The Hall–Kier alpha value is -4.17. The van der Waals surface area contributed by atoms with Crippen LogP contribution in [0.4, 0.5) is 11.4 Å². The first kappa shape index (κ1) is 19.6. The fourth-order valence-corrected chi connectivity index (χ4v) is 2.76. The third-order valence-electron chi connectivity index (χ3n) is 4.16. The predicted octanol–water partition coefficient (Wildman–Crippen LogP) is 4.86. The summed E-state index contributed by atoms with van der Waals surface area (Å²) in [6.07, 6.45) is 1.55. The molecular weight excluding hydrogens is 362 g/mol. The first-order valence-electron chi connectivity index (χ1n) is 9.01. The zero-order valence-corrected chi connectivity index (χ0v) is 15.8. The monoisotopic (exact) mass is 381 g/mol. The van der Waals surface area contributed by atoms with Crippen molar-refractivity contribution in [2.75, 3.05) is 10.6 Å². The second-order valence-corrected chi connectivity index (χ2v) is 6.37. The van der Waals surface area contributed by atoms with Crippen molar-refractivity contribution < 1.29 is 9.59 Å². The second-order valence-electron chi connectivity index (χ2n) is 6.37. The maximum absolute atomic E-state index is 12.4. The van der Waals surface area contributed by atoms with Gasteiger partial charge in [-0.15, -0.1) is 0 Å². The van der Waals surface area contributed by atoms with Crippen LogP contribution >= 0.6 is 0 Å². The van der Waals surface area contributed by atoms with Gasteiger partial charge in [-0.3, -0.25) is 9.59 Å². The Morgan fingerprint density at radius 1 is 0.793 bits per heavy atom. The van der Waals surface area contributed by atoms with Gasteiger partial charge in [0.1, 0.15) is 11.6 Å². The first-order chi connectivity index (χ1) is 14.0. The number of amides is 2. The van der Waals surface area contributed by atoms with E-state index in [0.29, 0.717) is 11.4 Å². The van der Waals surface area contributed by atoms with Gasteiger partial charge in [-0.1, -0.05) is 54.6 Å². The minimum Gasteiger partial charge on any atom is -0.326 e. The van der Waals surface area contributed by atoms with Gasteiger partial charge in [-0.2, -0.15) is 5.26 Å². The topological polar surface area (TPSA) is 82.0 Å². The van der Waals surface area contributed by atoms with Gasteiger partial charge < -0.3 is 10.6 Å². The molecule has 0 aromatic heterocycles. The van der Waals surface area contributed by atoms with Crippen molar-refractivity contribution in [2.45, 2.75) is 6.92 Å². The van der Waals surface area contributed by atoms with Crippen molar-refractivity contribution in [3.63, 3.8) is 0 Å². The van der Waals surface area contributed by atoms with Gasteiger partial charge in [0.2, 0.25) is 5.91 Å². The molecule has 0 saturated carbocycles. The molecule has 0 radical (unpaired) electrons. The van der Waals surface area contributed by atoms with E-state index in [-0.39, 0.29) is 11.5 Å². The summed E-state index contributed by atoms with van der Waals surface area (Å²) in [6, 6.07) is 26.2. The van der Waals surface area contributed by atoms with Crippen LogP contribution in [0.25, 0.3) is 17.2 Å². The molecular formula is C24H19N3O2. The summed E-state index contributed by atoms with van der Waals surface area (Å²) >= 11 is 0. The fraction of sp³-hybridized carbons (Fsp3) is 0.0417. The van der Waals surface area contributed by atoms with Crippen LogP contribution in [0, 0.1) is 11.3 Å². The molecule has 0 unspecified atom stereocenters. The molecule has 0 spiro atoms. The molecule has 5 nitrogen and oxygen atoms in total. The SMILES string of the molecule is CC(=O)Nc1ccc(NC(=O)/C(C#N)=C/c2ccc(-c3ccccc3)cc2)cc1. The van der Waals surface area contributed by atoms with Gasteiger partial charge in [0.25, 0.3) is 5.91 Å². The fourth-order valence-electron chi connectivity index (χ4n) is 2.76. The summed E-state index contributed by atoms with van der Waals surface area (Å²) < 4.78 is 0. The highest BCUT2D eigenvalue weighted by atomic mass is 16.2. The zero-order valence-electron chi connectivity index (χ0n) is 15.8. The molecule has 2 N–H and O–H groups in total. The number of anilines is 2. The van der Waals surface area contributed by atoms with Gasteiger partial charge in [0, 0.05) is 18.3 Å². The highest BCUT2D eigenvalue weighted by Gasteiger charge is 2.10. The quantitative estimate of drug-likeness (QED) is 0.489. The maximum Gasteiger partial charge on any atom is 0.266 e. The van der Waals surface area contributed by atoms with E-state index in [1.807, 2.05) is 60.7 Å². The second kappa shape index (κ2) is 9.16. The summed E-state index contributed by atoms with van der Waals surface area (Å²) in [6.45, 7) is 1.42. The van der Waals surface area contributed by atoms with Crippen molar-refractivity contribution in [3.05, 3.63) is 90.0 Å². The van der Waals surface area contributed by atoms with Crippen LogP contribution < -0.4 is 10.6 Å². The molecule has 3 rings (SSSR count). The Labute approximate surface area is 169 Å². The van der Waals surface area contributed by atoms with Crippen LogP contribution in [0.1, 0.15) is 12.5 Å². The van der Waals surface area contributed by atoms with Gasteiger partial charge >= 0.3 is 0 Å². The summed E-state index contributed by atoms with van der Waals surface area (Å²) in [7, 11) is 0. The number of rotatable bonds is 5. The van der Waals surface area contributed by atoms with E-state index in [1.54, 1.807) is 30.3 Å². The summed E-state index contributed by atoms with van der Waals surface area (Å²) in [5, 5.41) is 14.7. The van der Waals surface area contributed by atoms with Crippen LogP contribution in [-0.2, 0) is 9.59 Å². The molecule has 0 fully saturated rings. The van der Waals surface area contributed by atoms with E-state index in [2.05, 4.69) is 10.6 Å². The van der Waals surface area contributed by atoms with E-state index in [9.17, 15) is 14.9 Å². The Morgan fingerprint density at radius 3 is 1.90 bits per heavy atom. The maximum atomic E-state index is 12.4. The van der Waals surface area contributed by atoms with Crippen LogP contribution in [0.3, 0.4) is 0 Å². The van der Waals surface area contributed by atoms with E-state index in [0.717, 1.165) is 16.7 Å². The number of carbonyl (C=O) groups is 2. The highest BCUT2D eigenvalue weighted by molar-refractivity contribution is 6.09. The van der Waals surface area contributed by atoms with E-state index in [4.69, 9.17) is 0 Å². The lowest BCUT2D eigenvalue weighted by Gasteiger charge is -2.07. The molecule has 0 aliphatic rings. The summed E-state index contributed by atoms with van der Waals surface area (Å²) in [5.74, 6) is -0.665. The largest absolute Gasteiger partial charge is 0.326 e. The standard InChI is InChI=1S/C24H19N3O2/c1-17(28)26-22-11-13-23(14-12-22)27-24(29)21(16-25)15-18-7-9-20(10-8-18)19-5-3-2-4-6-19/h2-15H,1H3,(H,26,28)(H,27,29)/b21-15+. The van der Waals surface area contributed by atoms with E-state index in [1.165, 1.54) is 6.92 Å². The third kappa shape index (κ3) is 5.41. The molecule has 2 amide bonds. The third-order valence-corrected chi connectivity index (χ3v) is 4.16. The van der Waals surface area contributed by atoms with Crippen molar-refractivity contribution >= 4 is 29.3 Å². The van der Waals surface area contributed by atoms with Gasteiger partial charge in [-0.05, 0) is 47.0 Å². The molecule has 0 aliphatic carbocycles. The lowest BCUT2D eigenvalue weighted by atomic mass is 10.0. The minimum absolute atomic E-state index is 0.00315. The van der Waals surface area contributed by atoms with Crippen molar-refractivity contribution in [3.8, 4) is 17.2 Å². The molecule has 5 heteroatoms. The Kier molecular flexibility index (Phi) is 6.18. The summed E-state index contributed by atoms with van der Waals surface area (Å²) in [4.78, 5) is 23.5. The van der Waals surface area contributed by atoms with E-state index >= 15 is 0 Å². The molecule has 0 aliphatic heterocycles. The minimum atomic E-state index is -0.494. The van der Waals surface area contributed by atoms with Gasteiger partial charge in [0.15, 0.2) is 0 Å². The van der Waals surface area contributed by atoms with E-state index < -0.39 is 5.91 Å². The molecule has 3 aromatic carbocycles.